The number of pyridine rings is 2. The maximum Gasteiger partial charge on any atom is 0.328 e. The molecule has 2 aliphatic rings. The molecule has 0 bridgehead atoms. The number of ether oxygens (including phenoxy) is 2. The number of urea groups is 1. The van der Waals surface area contributed by atoms with E-state index in [0.717, 1.165) is 5.56 Å². The highest BCUT2D eigenvalue weighted by Crippen LogP contribution is 2.29. The van der Waals surface area contributed by atoms with Crippen molar-refractivity contribution in [1.29, 1.82) is 5.26 Å². The van der Waals surface area contributed by atoms with Crippen molar-refractivity contribution in [3.63, 3.8) is 0 Å². The Hall–Kier alpha value is -4.98. The topological polar surface area (TPSA) is 150 Å². The summed E-state index contributed by atoms with van der Waals surface area (Å²) in [6, 6.07) is 4.94. The second kappa shape index (κ2) is 12.5. The van der Waals surface area contributed by atoms with Crippen molar-refractivity contribution < 1.29 is 23.9 Å². The largest absolute Gasteiger partial charge is 0.440 e. The van der Waals surface area contributed by atoms with Gasteiger partial charge >= 0.3 is 6.03 Å². The van der Waals surface area contributed by atoms with E-state index in [0.29, 0.717) is 54.9 Å². The van der Waals surface area contributed by atoms with Gasteiger partial charge in [0.05, 0.1) is 30.7 Å². The second-order valence-corrected chi connectivity index (χ2v) is 8.87. The zero-order valence-electron chi connectivity index (χ0n) is 21.5. The first-order chi connectivity index (χ1) is 19.0. The van der Waals surface area contributed by atoms with Crippen LogP contribution in [0.1, 0.15) is 40.5 Å². The number of hydrogen-bond acceptors (Lipinski definition) is 10. The van der Waals surface area contributed by atoms with E-state index in [1.807, 2.05) is 13.0 Å². The van der Waals surface area contributed by atoms with E-state index < -0.39 is 6.03 Å². The van der Waals surface area contributed by atoms with Gasteiger partial charge in [-0.3, -0.25) is 15.0 Å². The number of carbonyl (C=O) groups is 2. The zero-order chi connectivity index (χ0) is 27.8. The highest BCUT2D eigenvalue weighted by atomic mass is 16.5. The number of carbonyl (C=O) groups excluding carboxylic acids is 3. The molecule has 12 nitrogen and oxygen atoms in total. The van der Waals surface area contributed by atoms with Crippen molar-refractivity contribution in [2.24, 2.45) is 0 Å². The number of amides is 2. The number of nitrogens with zero attached hydrogens (tertiary/aromatic N) is 5. The number of allylic oxidation sites excluding steroid dienone is 2. The number of aryl methyl sites for hydroxylation is 1. The number of hydrogen-bond donors (Lipinski definition) is 2. The van der Waals surface area contributed by atoms with E-state index in [1.165, 1.54) is 22.3 Å². The highest BCUT2D eigenvalue weighted by Gasteiger charge is 2.27. The van der Waals surface area contributed by atoms with E-state index in [1.54, 1.807) is 37.5 Å². The molecule has 0 radical (unpaired) electrons. The van der Waals surface area contributed by atoms with Crippen LogP contribution in [0.5, 0.6) is 0 Å². The number of methoxy groups -OCH3 is 1. The van der Waals surface area contributed by atoms with E-state index >= 15 is 0 Å². The molecule has 4 heterocycles. The summed E-state index contributed by atoms with van der Waals surface area (Å²) in [5, 5.41) is 15.4. The number of anilines is 3. The van der Waals surface area contributed by atoms with Crippen LogP contribution in [0.3, 0.4) is 0 Å². The molecule has 2 aromatic heterocycles. The van der Waals surface area contributed by atoms with Crippen LogP contribution in [-0.2, 0) is 27.2 Å². The molecule has 2 aliphatic heterocycles. The molecule has 2 aromatic rings. The number of fused-ring (bicyclic) bond motifs is 1. The van der Waals surface area contributed by atoms with Gasteiger partial charge in [-0.05, 0) is 43.5 Å². The monoisotopic (exact) mass is 529 g/mol. The molecule has 0 unspecified atom stereocenters. The first-order valence-electron chi connectivity index (χ1n) is 12.2. The zero-order valence-corrected chi connectivity index (χ0v) is 21.5. The predicted octanol–water partition coefficient (Wildman–Crippen LogP) is 3.12. The van der Waals surface area contributed by atoms with Crippen molar-refractivity contribution in [1.82, 2.24) is 14.9 Å². The van der Waals surface area contributed by atoms with Crippen molar-refractivity contribution in [2.75, 3.05) is 35.8 Å². The summed E-state index contributed by atoms with van der Waals surface area (Å²) < 4.78 is 10.4. The van der Waals surface area contributed by atoms with E-state index in [2.05, 4.69) is 26.7 Å². The molecule has 0 aromatic carbocycles. The van der Waals surface area contributed by atoms with E-state index in [4.69, 9.17) is 9.47 Å². The van der Waals surface area contributed by atoms with Crippen LogP contribution in [-0.4, -0.2) is 59.4 Å². The molecule has 0 fully saturated rings. The fourth-order valence-corrected chi connectivity index (χ4v) is 4.28. The molecule has 0 spiro atoms. The SMILES string of the molecule is COC[C@@H](C)Nc1cc(NC(=O)N2CCCc3cc(CN4C=CC=COC4=C=O)c(C=O)nc32)ncc1C#N. The number of nitrogens with one attached hydrogen (secondary N) is 2. The van der Waals surface area contributed by atoms with Gasteiger partial charge in [0.1, 0.15) is 23.4 Å². The number of rotatable bonds is 8. The molecule has 0 aliphatic carbocycles. The lowest BCUT2D eigenvalue weighted by Crippen LogP contribution is -2.40. The second-order valence-electron chi connectivity index (χ2n) is 8.87. The Morgan fingerprint density at radius 1 is 1.36 bits per heavy atom. The first-order valence-corrected chi connectivity index (χ1v) is 12.2. The van der Waals surface area contributed by atoms with Gasteiger partial charge in [0, 0.05) is 43.7 Å². The Labute approximate surface area is 225 Å². The number of aldehydes is 1. The molecule has 0 saturated carbocycles. The van der Waals surface area contributed by atoms with Gasteiger partial charge in [0.2, 0.25) is 0 Å². The molecule has 0 saturated heterocycles. The molecule has 12 heteroatoms. The number of nitriles is 1. The van der Waals surface area contributed by atoms with Crippen LogP contribution in [0.4, 0.5) is 22.1 Å². The summed E-state index contributed by atoms with van der Waals surface area (Å²) in [5.74, 6) is 2.33. The summed E-state index contributed by atoms with van der Waals surface area (Å²) in [6.45, 7) is 2.87. The third kappa shape index (κ3) is 6.30. The maximum absolute atomic E-state index is 13.3. The van der Waals surface area contributed by atoms with E-state index in [-0.39, 0.29) is 30.0 Å². The lowest BCUT2D eigenvalue weighted by molar-refractivity contribution is 0.111. The van der Waals surface area contributed by atoms with Gasteiger partial charge in [-0.25, -0.2) is 19.6 Å². The first kappa shape index (κ1) is 27.1. The predicted molar refractivity (Wildman–Crippen MR) is 142 cm³/mol. The minimum atomic E-state index is -0.470. The third-order valence-corrected chi connectivity index (χ3v) is 6.03. The van der Waals surface area contributed by atoms with Gasteiger partial charge in [-0.2, -0.15) is 5.26 Å². The van der Waals surface area contributed by atoms with Crippen LogP contribution >= 0.6 is 0 Å². The Morgan fingerprint density at radius 3 is 2.95 bits per heavy atom. The quantitative estimate of drug-likeness (QED) is 0.386. The summed E-state index contributed by atoms with van der Waals surface area (Å²) >= 11 is 0. The van der Waals surface area contributed by atoms with Crippen LogP contribution in [0.15, 0.2) is 48.8 Å². The smallest absolute Gasteiger partial charge is 0.328 e. The minimum Gasteiger partial charge on any atom is -0.440 e. The van der Waals surface area contributed by atoms with Crippen molar-refractivity contribution in [3.05, 3.63) is 71.2 Å². The average molecular weight is 530 g/mol. The van der Waals surface area contributed by atoms with Crippen molar-refractivity contribution in [2.45, 2.75) is 32.4 Å². The molecular weight excluding hydrogens is 502 g/mol. The molecule has 1 atom stereocenters. The van der Waals surface area contributed by atoms with Crippen molar-refractivity contribution >= 4 is 35.6 Å². The fraction of sp³-hybridized carbons (Fsp3) is 0.296. The molecular formula is C27H27N7O5. The van der Waals surface area contributed by atoms with Crippen molar-refractivity contribution in [3.8, 4) is 6.07 Å². The fourth-order valence-electron chi connectivity index (χ4n) is 4.28. The third-order valence-electron chi connectivity index (χ3n) is 6.03. The Kier molecular flexibility index (Phi) is 8.68. The molecule has 39 heavy (non-hydrogen) atoms. The highest BCUT2D eigenvalue weighted by molar-refractivity contribution is 6.01. The van der Waals surface area contributed by atoms with Gasteiger partial charge in [0.15, 0.2) is 12.2 Å². The van der Waals surface area contributed by atoms with Crippen LogP contribution in [0, 0.1) is 11.3 Å². The minimum absolute atomic E-state index is 0.0454. The van der Waals surface area contributed by atoms with Gasteiger partial charge in [0.25, 0.3) is 5.88 Å². The lowest BCUT2D eigenvalue weighted by Gasteiger charge is -2.29. The standard InChI is InChI=1S/C27H27N7O5/c1-18(17-38-2)30-22-11-24(29-13-21(22)12-28)32-27(37)34-8-5-6-19-10-20(23(15-35)31-26(19)34)14-33-7-3-4-9-39-25(33)16-36/h3-4,7,9-11,13,15,18H,5-6,8,14,17H2,1-2H3,(H2,29,30,32,37)/t18-/m1/s1. The van der Waals surface area contributed by atoms with Crippen LogP contribution in [0.25, 0.3) is 0 Å². The Morgan fingerprint density at radius 2 is 2.21 bits per heavy atom. The summed E-state index contributed by atoms with van der Waals surface area (Å²) in [7, 11) is 1.59. The Balaban J connectivity index is 1.57. The number of aromatic nitrogens is 2. The Bertz CT molecular complexity index is 1410. The van der Waals surface area contributed by atoms with Crippen LogP contribution in [0.2, 0.25) is 0 Å². The van der Waals surface area contributed by atoms with E-state index in [9.17, 15) is 19.6 Å². The van der Waals surface area contributed by atoms with Gasteiger partial charge in [-0.1, -0.05) is 0 Å². The van der Waals surface area contributed by atoms with Gasteiger partial charge < -0.3 is 19.7 Å². The lowest BCUT2D eigenvalue weighted by atomic mass is 10.0. The maximum atomic E-state index is 13.3. The molecule has 2 N–H and O–H groups in total. The van der Waals surface area contributed by atoms with Crippen LogP contribution < -0.4 is 15.5 Å². The molecule has 4 rings (SSSR count). The van der Waals surface area contributed by atoms with Gasteiger partial charge in [-0.15, -0.1) is 0 Å². The summed E-state index contributed by atoms with van der Waals surface area (Å²) in [5.41, 5.74) is 2.35. The molecule has 200 valence electrons. The molecule has 2 amide bonds. The average Bonchev–Trinajstić information content (AvgIpc) is 3.17. The normalized spacial score (nSPS) is 14.8. The summed E-state index contributed by atoms with van der Waals surface area (Å²) in [6.07, 6.45) is 9.66. The summed E-state index contributed by atoms with van der Waals surface area (Å²) in [4.78, 5) is 48.3.